The molecule has 0 saturated carbocycles. The lowest BCUT2D eigenvalue weighted by atomic mass is 10.1. The van der Waals surface area contributed by atoms with Crippen LogP contribution in [-0.4, -0.2) is 35.1 Å². The second-order valence-corrected chi connectivity index (χ2v) is 3.91. The fraction of sp³-hybridized carbons (Fsp3) is 0.455. The number of carbonyl (C=O) groups is 1. The number of nitrogens with one attached hydrogen (secondary N) is 2. The van der Waals surface area contributed by atoms with E-state index in [1.165, 1.54) is 18.5 Å². The van der Waals surface area contributed by atoms with E-state index in [9.17, 15) is 9.90 Å². The van der Waals surface area contributed by atoms with E-state index in [1.807, 2.05) is 0 Å². The number of hydrogen-bond donors (Lipinski definition) is 3. The Labute approximate surface area is 93.9 Å². The lowest BCUT2D eigenvalue weighted by molar-refractivity contribution is 0.0928. The van der Waals surface area contributed by atoms with Gasteiger partial charge in [0, 0.05) is 18.8 Å². The third-order valence-corrected chi connectivity index (χ3v) is 2.68. The van der Waals surface area contributed by atoms with E-state index in [1.54, 1.807) is 0 Å². The highest BCUT2D eigenvalue weighted by Crippen LogP contribution is 2.14. The van der Waals surface area contributed by atoms with E-state index >= 15 is 0 Å². The summed E-state index contributed by atoms with van der Waals surface area (Å²) in [6.45, 7) is 1.80. The van der Waals surface area contributed by atoms with Crippen LogP contribution in [0.4, 0.5) is 0 Å². The summed E-state index contributed by atoms with van der Waals surface area (Å²) in [5.74, 6) is -0.322. The molecule has 0 radical (unpaired) electrons. The summed E-state index contributed by atoms with van der Waals surface area (Å²) in [7, 11) is 0. The van der Waals surface area contributed by atoms with Crippen LogP contribution in [0.15, 0.2) is 18.5 Å². The zero-order valence-corrected chi connectivity index (χ0v) is 8.94. The monoisotopic (exact) mass is 221 g/mol. The van der Waals surface area contributed by atoms with Gasteiger partial charge in [-0.15, -0.1) is 0 Å². The predicted molar refractivity (Wildman–Crippen MR) is 59.3 cm³/mol. The van der Waals surface area contributed by atoms with Gasteiger partial charge in [-0.3, -0.25) is 9.78 Å². The van der Waals surface area contributed by atoms with E-state index in [4.69, 9.17) is 0 Å². The van der Waals surface area contributed by atoms with Gasteiger partial charge in [0.2, 0.25) is 0 Å². The molecule has 1 atom stereocenters. The first-order chi connectivity index (χ1) is 7.77. The Morgan fingerprint density at radius 2 is 2.50 bits per heavy atom. The zero-order valence-electron chi connectivity index (χ0n) is 8.94. The van der Waals surface area contributed by atoms with Gasteiger partial charge in [0.25, 0.3) is 5.91 Å². The summed E-state index contributed by atoms with van der Waals surface area (Å²) in [4.78, 5) is 15.5. The third-order valence-electron chi connectivity index (χ3n) is 2.68. The number of nitrogens with zero attached hydrogens (tertiary/aromatic N) is 1. The minimum absolute atomic E-state index is 0.0798. The molecule has 2 heterocycles. The van der Waals surface area contributed by atoms with Crippen molar-refractivity contribution >= 4 is 5.91 Å². The second-order valence-electron chi connectivity index (χ2n) is 3.91. The Kier molecular flexibility index (Phi) is 3.36. The highest BCUT2D eigenvalue weighted by Gasteiger charge is 2.17. The number of aromatic nitrogens is 1. The smallest absolute Gasteiger partial charge is 0.255 e. The van der Waals surface area contributed by atoms with Crippen molar-refractivity contribution in [3.05, 3.63) is 24.0 Å². The van der Waals surface area contributed by atoms with Gasteiger partial charge in [-0.1, -0.05) is 0 Å². The van der Waals surface area contributed by atoms with Crippen molar-refractivity contribution in [1.82, 2.24) is 15.6 Å². The van der Waals surface area contributed by atoms with Crippen molar-refractivity contribution in [3.8, 4) is 5.75 Å². The number of pyridine rings is 1. The fourth-order valence-corrected chi connectivity index (χ4v) is 1.82. The summed E-state index contributed by atoms with van der Waals surface area (Å²) in [6.07, 6.45) is 4.81. The van der Waals surface area contributed by atoms with Gasteiger partial charge in [-0.05, 0) is 25.5 Å². The minimum atomic E-state index is -0.242. The van der Waals surface area contributed by atoms with Crippen molar-refractivity contribution in [2.45, 2.75) is 18.9 Å². The van der Waals surface area contributed by atoms with E-state index < -0.39 is 0 Å². The SMILES string of the molecule is O=C(N[C@@H]1CCCNC1)c1ccncc1O. The molecule has 1 saturated heterocycles. The molecule has 0 bridgehead atoms. The molecule has 1 aromatic heterocycles. The van der Waals surface area contributed by atoms with Gasteiger partial charge in [0.15, 0.2) is 0 Å². The van der Waals surface area contributed by atoms with Crippen LogP contribution in [0.5, 0.6) is 5.75 Å². The summed E-state index contributed by atoms with van der Waals surface area (Å²) in [5, 5.41) is 15.6. The predicted octanol–water partition coefficient (Wildman–Crippen LogP) is 0.269. The van der Waals surface area contributed by atoms with Crippen molar-refractivity contribution in [2.75, 3.05) is 13.1 Å². The van der Waals surface area contributed by atoms with E-state index in [2.05, 4.69) is 15.6 Å². The van der Waals surface area contributed by atoms with Crippen LogP contribution in [0.3, 0.4) is 0 Å². The molecule has 0 spiro atoms. The molecule has 1 amide bonds. The molecule has 0 aliphatic carbocycles. The van der Waals surface area contributed by atoms with Crippen LogP contribution < -0.4 is 10.6 Å². The Morgan fingerprint density at radius 1 is 1.62 bits per heavy atom. The Hall–Kier alpha value is -1.62. The van der Waals surface area contributed by atoms with E-state index in [0.29, 0.717) is 0 Å². The van der Waals surface area contributed by atoms with Gasteiger partial charge >= 0.3 is 0 Å². The number of piperidine rings is 1. The largest absolute Gasteiger partial charge is 0.505 e. The first-order valence-corrected chi connectivity index (χ1v) is 5.42. The van der Waals surface area contributed by atoms with Crippen molar-refractivity contribution in [2.24, 2.45) is 0 Å². The minimum Gasteiger partial charge on any atom is -0.505 e. The second kappa shape index (κ2) is 4.94. The maximum absolute atomic E-state index is 11.8. The van der Waals surface area contributed by atoms with Gasteiger partial charge < -0.3 is 15.7 Å². The quantitative estimate of drug-likeness (QED) is 0.670. The standard InChI is InChI=1S/C11H15N3O2/c15-10-7-13-5-3-9(10)11(16)14-8-2-1-4-12-6-8/h3,5,7-8,12,15H,1-2,4,6H2,(H,14,16)/t8-/m1/s1. The molecule has 2 rings (SSSR count). The van der Waals surface area contributed by atoms with Crippen LogP contribution in [0.1, 0.15) is 23.2 Å². The molecule has 1 aromatic rings. The molecule has 1 aliphatic heterocycles. The van der Waals surface area contributed by atoms with Gasteiger partial charge in [0.05, 0.1) is 11.8 Å². The molecular weight excluding hydrogens is 206 g/mol. The summed E-state index contributed by atoms with van der Waals surface area (Å²) >= 11 is 0. The molecule has 5 nitrogen and oxygen atoms in total. The van der Waals surface area contributed by atoms with Crippen LogP contribution in [0.25, 0.3) is 0 Å². The molecule has 1 fully saturated rings. The zero-order chi connectivity index (χ0) is 11.4. The van der Waals surface area contributed by atoms with Crippen LogP contribution in [0.2, 0.25) is 0 Å². The Balaban J connectivity index is 2.00. The van der Waals surface area contributed by atoms with E-state index in [-0.39, 0.29) is 23.3 Å². The van der Waals surface area contributed by atoms with Gasteiger partial charge in [-0.2, -0.15) is 0 Å². The van der Waals surface area contributed by atoms with Gasteiger partial charge in [0.1, 0.15) is 5.75 Å². The maximum atomic E-state index is 11.8. The van der Waals surface area contributed by atoms with Crippen LogP contribution in [-0.2, 0) is 0 Å². The lowest BCUT2D eigenvalue weighted by Crippen LogP contribution is -2.45. The number of hydrogen-bond acceptors (Lipinski definition) is 4. The molecular formula is C11H15N3O2. The summed E-state index contributed by atoms with van der Waals surface area (Å²) < 4.78 is 0. The number of carbonyl (C=O) groups excluding carboxylic acids is 1. The fourth-order valence-electron chi connectivity index (χ4n) is 1.82. The average Bonchev–Trinajstić information content (AvgIpc) is 2.31. The number of amides is 1. The molecule has 0 unspecified atom stereocenters. The van der Waals surface area contributed by atoms with Crippen molar-refractivity contribution < 1.29 is 9.90 Å². The maximum Gasteiger partial charge on any atom is 0.255 e. The first kappa shape index (κ1) is 10.9. The Morgan fingerprint density at radius 3 is 3.19 bits per heavy atom. The van der Waals surface area contributed by atoms with Crippen LogP contribution >= 0.6 is 0 Å². The van der Waals surface area contributed by atoms with Crippen LogP contribution in [0, 0.1) is 0 Å². The molecule has 3 N–H and O–H groups in total. The number of aromatic hydroxyl groups is 1. The average molecular weight is 221 g/mol. The summed E-state index contributed by atoms with van der Waals surface area (Å²) in [5.41, 5.74) is 0.278. The molecule has 0 aromatic carbocycles. The number of rotatable bonds is 2. The lowest BCUT2D eigenvalue weighted by Gasteiger charge is -2.23. The van der Waals surface area contributed by atoms with Gasteiger partial charge in [-0.25, -0.2) is 0 Å². The Bertz CT molecular complexity index is 375. The molecule has 16 heavy (non-hydrogen) atoms. The highest BCUT2D eigenvalue weighted by atomic mass is 16.3. The first-order valence-electron chi connectivity index (χ1n) is 5.42. The summed E-state index contributed by atoms with van der Waals surface area (Å²) in [6, 6.07) is 1.66. The van der Waals surface area contributed by atoms with E-state index in [0.717, 1.165) is 25.9 Å². The molecule has 86 valence electrons. The molecule has 5 heteroatoms. The van der Waals surface area contributed by atoms with Crippen molar-refractivity contribution in [3.63, 3.8) is 0 Å². The topological polar surface area (TPSA) is 74.2 Å². The normalized spacial score (nSPS) is 20.4. The molecule has 1 aliphatic rings. The highest BCUT2D eigenvalue weighted by molar-refractivity contribution is 5.96. The van der Waals surface area contributed by atoms with Crippen molar-refractivity contribution in [1.29, 1.82) is 0 Å². The third kappa shape index (κ3) is 2.49.